The first-order valence-corrected chi connectivity index (χ1v) is 6.14. The molecule has 0 saturated carbocycles. The lowest BCUT2D eigenvalue weighted by atomic mass is 10.1. The van der Waals surface area contributed by atoms with Crippen molar-refractivity contribution in [2.75, 3.05) is 5.32 Å². The molecule has 0 heterocycles. The largest absolute Gasteiger partial charge is 0.324 e. The zero-order valence-electron chi connectivity index (χ0n) is 9.53. The van der Waals surface area contributed by atoms with Gasteiger partial charge in [-0.15, -0.1) is 0 Å². The normalized spacial score (nSPS) is 11.6. The molecule has 1 unspecified atom stereocenters. The van der Waals surface area contributed by atoms with Crippen LogP contribution in [0.2, 0.25) is 0 Å². The van der Waals surface area contributed by atoms with E-state index in [0.29, 0.717) is 17.7 Å². The molecule has 0 spiro atoms. The highest BCUT2D eigenvalue weighted by atomic mass is 79.9. The van der Waals surface area contributed by atoms with Crippen molar-refractivity contribution < 1.29 is 4.79 Å². The maximum absolute atomic E-state index is 11.7. The summed E-state index contributed by atoms with van der Waals surface area (Å²) < 4.78 is 0.802. The molecule has 3 N–H and O–H groups in total. The average molecular weight is 296 g/mol. The summed E-state index contributed by atoms with van der Waals surface area (Å²) >= 11 is 3.29. The van der Waals surface area contributed by atoms with Crippen molar-refractivity contribution in [3.05, 3.63) is 28.2 Å². The number of amides is 1. The van der Waals surface area contributed by atoms with Crippen molar-refractivity contribution in [2.24, 2.45) is 5.73 Å². The van der Waals surface area contributed by atoms with Gasteiger partial charge < -0.3 is 11.1 Å². The molecule has 0 fully saturated rings. The van der Waals surface area contributed by atoms with Crippen molar-refractivity contribution in [3.63, 3.8) is 0 Å². The third-order valence-electron chi connectivity index (χ3n) is 2.30. The number of halogens is 1. The Bertz CT molecular complexity index is 454. The van der Waals surface area contributed by atoms with E-state index >= 15 is 0 Å². The first-order chi connectivity index (χ1) is 8.08. The van der Waals surface area contributed by atoms with E-state index in [1.54, 1.807) is 18.2 Å². The summed E-state index contributed by atoms with van der Waals surface area (Å²) in [4.78, 5) is 11.7. The number of hydrogen-bond acceptors (Lipinski definition) is 3. The Morgan fingerprint density at radius 3 is 2.94 bits per heavy atom. The fourth-order valence-corrected chi connectivity index (χ4v) is 1.75. The standard InChI is InChI=1S/C12H14BrN3O/c1-2-3-10(15)12(17)16-11-6-9(13)5-4-8(11)7-14/h4-6,10H,2-3,15H2,1H3,(H,16,17). The number of anilines is 1. The summed E-state index contributed by atoms with van der Waals surface area (Å²) in [6.45, 7) is 1.97. The molecule has 0 bridgehead atoms. The van der Waals surface area contributed by atoms with Gasteiger partial charge in [-0.05, 0) is 24.6 Å². The molecular weight excluding hydrogens is 282 g/mol. The number of rotatable bonds is 4. The first kappa shape index (κ1) is 13.7. The van der Waals surface area contributed by atoms with Gasteiger partial charge in [0.2, 0.25) is 5.91 Å². The minimum atomic E-state index is -0.537. The number of nitrogens with two attached hydrogens (primary N) is 1. The van der Waals surface area contributed by atoms with E-state index in [1.807, 2.05) is 13.0 Å². The van der Waals surface area contributed by atoms with Gasteiger partial charge in [-0.3, -0.25) is 4.79 Å². The van der Waals surface area contributed by atoms with Crippen molar-refractivity contribution in [3.8, 4) is 6.07 Å². The van der Waals surface area contributed by atoms with Crippen LogP contribution in [0.15, 0.2) is 22.7 Å². The lowest BCUT2D eigenvalue weighted by Gasteiger charge is -2.12. The highest BCUT2D eigenvalue weighted by Gasteiger charge is 2.14. The summed E-state index contributed by atoms with van der Waals surface area (Å²) in [5.74, 6) is -0.263. The van der Waals surface area contributed by atoms with Gasteiger partial charge in [0.15, 0.2) is 0 Å². The van der Waals surface area contributed by atoms with Crippen molar-refractivity contribution in [2.45, 2.75) is 25.8 Å². The van der Waals surface area contributed by atoms with Crippen LogP contribution in [0.1, 0.15) is 25.3 Å². The maximum atomic E-state index is 11.7. The molecule has 1 aromatic carbocycles. The number of hydrogen-bond donors (Lipinski definition) is 2. The second-order valence-electron chi connectivity index (χ2n) is 3.69. The first-order valence-electron chi connectivity index (χ1n) is 5.34. The minimum absolute atomic E-state index is 0.263. The highest BCUT2D eigenvalue weighted by molar-refractivity contribution is 9.10. The van der Waals surface area contributed by atoms with E-state index in [9.17, 15) is 4.79 Å². The molecule has 0 saturated heterocycles. The van der Waals surface area contributed by atoms with Crippen LogP contribution in [0.4, 0.5) is 5.69 Å². The Morgan fingerprint density at radius 1 is 1.65 bits per heavy atom. The number of nitriles is 1. The van der Waals surface area contributed by atoms with E-state index in [4.69, 9.17) is 11.0 Å². The lowest BCUT2D eigenvalue weighted by Crippen LogP contribution is -2.35. The summed E-state index contributed by atoms with van der Waals surface area (Å²) in [6.07, 6.45) is 1.47. The Balaban J connectivity index is 2.84. The van der Waals surface area contributed by atoms with E-state index in [-0.39, 0.29) is 5.91 Å². The van der Waals surface area contributed by atoms with E-state index in [2.05, 4.69) is 21.2 Å². The number of carbonyl (C=O) groups is 1. The second kappa shape index (κ2) is 6.38. The summed E-state index contributed by atoms with van der Waals surface area (Å²) in [5, 5.41) is 11.6. The zero-order valence-corrected chi connectivity index (χ0v) is 11.1. The molecule has 4 nitrogen and oxygen atoms in total. The van der Waals surface area contributed by atoms with E-state index in [1.165, 1.54) is 0 Å². The number of nitrogens with one attached hydrogen (secondary N) is 1. The molecule has 1 amide bonds. The Labute approximate surface area is 109 Å². The highest BCUT2D eigenvalue weighted by Crippen LogP contribution is 2.21. The smallest absolute Gasteiger partial charge is 0.241 e. The van der Waals surface area contributed by atoms with E-state index in [0.717, 1.165) is 10.9 Å². The molecule has 5 heteroatoms. The van der Waals surface area contributed by atoms with E-state index < -0.39 is 6.04 Å². The summed E-state index contributed by atoms with van der Waals surface area (Å²) in [5.41, 5.74) is 6.60. The molecule has 0 aliphatic carbocycles. The molecule has 0 aliphatic heterocycles. The molecule has 0 aromatic heterocycles. The quantitative estimate of drug-likeness (QED) is 0.895. The molecule has 1 rings (SSSR count). The molecular formula is C12H14BrN3O. The van der Waals surface area contributed by atoms with Gasteiger partial charge >= 0.3 is 0 Å². The number of nitrogens with zero attached hydrogens (tertiary/aromatic N) is 1. The topological polar surface area (TPSA) is 78.9 Å². The van der Waals surface area contributed by atoms with Crippen molar-refractivity contribution >= 4 is 27.5 Å². The summed E-state index contributed by atoms with van der Waals surface area (Å²) in [7, 11) is 0. The lowest BCUT2D eigenvalue weighted by molar-refractivity contribution is -0.117. The SMILES string of the molecule is CCCC(N)C(=O)Nc1cc(Br)ccc1C#N. The van der Waals surface area contributed by atoms with Crippen LogP contribution in [-0.2, 0) is 4.79 Å². The van der Waals surface area contributed by atoms with Gasteiger partial charge in [-0.2, -0.15) is 5.26 Å². The van der Waals surface area contributed by atoms with Crippen LogP contribution < -0.4 is 11.1 Å². The van der Waals surface area contributed by atoms with Gasteiger partial charge in [0.05, 0.1) is 17.3 Å². The second-order valence-corrected chi connectivity index (χ2v) is 4.60. The third-order valence-corrected chi connectivity index (χ3v) is 2.79. The number of carbonyl (C=O) groups excluding carboxylic acids is 1. The average Bonchev–Trinajstić information content (AvgIpc) is 2.29. The monoisotopic (exact) mass is 295 g/mol. The van der Waals surface area contributed by atoms with Crippen LogP contribution >= 0.6 is 15.9 Å². The van der Waals surface area contributed by atoms with Gasteiger partial charge in [-0.25, -0.2) is 0 Å². The Kier molecular flexibility index (Phi) is 5.13. The molecule has 90 valence electrons. The molecule has 17 heavy (non-hydrogen) atoms. The van der Waals surface area contributed by atoms with Crippen molar-refractivity contribution in [1.82, 2.24) is 0 Å². The fourth-order valence-electron chi connectivity index (χ4n) is 1.38. The van der Waals surface area contributed by atoms with Crippen LogP contribution in [0.5, 0.6) is 0 Å². The Hall–Kier alpha value is -1.38. The molecule has 0 aliphatic rings. The van der Waals surface area contributed by atoms with Gasteiger partial charge in [0.25, 0.3) is 0 Å². The summed E-state index contributed by atoms with van der Waals surface area (Å²) in [6, 6.07) is 6.57. The molecule has 1 atom stereocenters. The predicted octanol–water partition coefficient (Wildman–Crippen LogP) is 2.39. The predicted molar refractivity (Wildman–Crippen MR) is 70.4 cm³/mol. The molecule has 0 radical (unpaired) electrons. The van der Waals surface area contributed by atoms with Crippen LogP contribution in [0.3, 0.4) is 0 Å². The molecule has 1 aromatic rings. The minimum Gasteiger partial charge on any atom is -0.324 e. The van der Waals surface area contributed by atoms with Crippen LogP contribution in [0.25, 0.3) is 0 Å². The van der Waals surface area contributed by atoms with Gasteiger partial charge in [0, 0.05) is 4.47 Å². The fraction of sp³-hybridized carbons (Fsp3) is 0.333. The van der Waals surface area contributed by atoms with Crippen LogP contribution in [-0.4, -0.2) is 11.9 Å². The van der Waals surface area contributed by atoms with Crippen molar-refractivity contribution in [1.29, 1.82) is 5.26 Å². The number of benzene rings is 1. The van der Waals surface area contributed by atoms with Gasteiger partial charge in [-0.1, -0.05) is 29.3 Å². The third kappa shape index (κ3) is 3.84. The van der Waals surface area contributed by atoms with Crippen LogP contribution in [0, 0.1) is 11.3 Å². The maximum Gasteiger partial charge on any atom is 0.241 e. The zero-order chi connectivity index (χ0) is 12.8. The van der Waals surface area contributed by atoms with Gasteiger partial charge in [0.1, 0.15) is 6.07 Å². The Morgan fingerprint density at radius 2 is 2.35 bits per heavy atom.